The van der Waals surface area contributed by atoms with Gasteiger partial charge in [-0.2, -0.15) is 0 Å². The first kappa shape index (κ1) is 20.9. The van der Waals surface area contributed by atoms with Crippen molar-refractivity contribution in [2.75, 3.05) is 13.7 Å². The van der Waals surface area contributed by atoms with Crippen molar-refractivity contribution in [3.05, 3.63) is 41.7 Å². The lowest BCUT2D eigenvalue weighted by molar-refractivity contribution is -0.120. The number of carbonyl (C=O) groups excluding carboxylic acids is 2. The molecule has 1 atom stereocenters. The number of nitrogens with zero attached hydrogens (tertiary/aromatic N) is 3. The largest absolute Gasteiger partial charge is 0.383 e. The molecule has 1 aromatic heterocycles. The van der Waals surface area contributed by atoms with Crippen molar-refractivity contribution in [1.82, 2.24) is 20.1 Å². The van der Waals surface area contributed by atoms with Gasteiger partial charge in [-0.25, -0.2) is 4.79 Å². The summed E-state index contributed by atoms with van der Waals surface area (Å²) in [4.78, 5) is 23.3. The second-order valence-electron chi connectivity index (χ2n) is 6.34. The molecule has 1 heterocycles. The van der Waals surface area contributed by atoms with Crippen molar-refractivity contribution in [1.29, 1.82) is 0 Å². The number of methoxy groups -OCH3 is 1. The Labute approximate surface area is 162 Å². The Bertz CT molecular complexity index is 764. The number of thioether (sulfide) groups is 1. The van der Waals surface area contributed by atoms with Crippen LogP contribution in [0, 0.1) is 5.92 Å². The van der Waals surface area contributed by atoms with E-state index in [-0.39, 0.29) is 5.92 Å². The molecule has 0 unspecified atom stereocenters. The molecule has 0 spiro atoms. The van der Waals surface area contributed by atoms with Gasteiger partial charge < -0.3 is 15.0 Å². The molecule has 8 nitrogen and oxygen atoms in total. The molecule has 9 heteroatoms. The Morgan fingerprint density at radius 3 is 2.56 bits per heavy atom. The molecule has 3 amide bonds. The number of nitrogens with one attached hydrogen (secondary N) is 1. The molecule has 2 aromatic rings. The highest BCUT2D eigenvalue weighted by atomic mass is 32.2. The molecular formula is C18H25N5O3S. The van der Waals surface area contributed by atoms with E-state index in [1.165, 1.54) is 11.8 Å². The summed E-state index contributed by atoms with van der Waals surface area (Å²) >= 11 is 1.27. The Morgan fingerprint density at radius 1 is 1.26 bits per heavy atom. The Balaban J connectivity index is 2.26. The minimum absolute atomic E-state index is 0.0282. The van der Waals surface area contributed by atoms with Crippen molar-refractivity contribution in [3.63, 3.8) is 0 Å². The van der Waals surface area contributed by atoms with Crippen LogP contribution in [0.3, 0.4) is 0 Å². The molecule has 0 aliphatic carbocycles. The second kappa shape index (κ2) is 10.1. The zero-order chi connectivity index (χ0) is 19.8. The lowest BCUT2D eigenvalue weighted by Crippen LogP contribution is -2.42. The molecule has 3 N–H and O–H groups in total. The fourth-order valence-corrected chi connectivity index (χ4v) is 3.60. The first-order valence-electron chi connectivity index (χ1n) is 8.64. The number of amides is 3. The van der Waals surface area contributed by atoms with E-state index in [1.807, 2.05) is 48.7 Å². The number of hydrogen-bond donors (Lipinski definition) is 2. The van der Waals surface area contributed by atoms with Crippen molar-refractivity contribution in [3.8, 4) is 0 Å². The minimum atomic E-state index is -0.864. The Morgan fingerprint density at radius 2 is 1.96 bits per heavy atom. The molecule has 0 radical (unpaired) electrons. The van der Waals surface area contributed by atoms with Gasteiger partial charge in [0.15, 0.2) is 5.16 Å². The monoisotopic (exact) mass is 391 g/mol. The number of ether oxygens (including phenoxy) is 1. The van der Waals surface area contributed by atoms with Gasteiger partial charge >= 0.3 is 6.03 Å². The molecule has 0 saturated carbocycles. The summed E-state index contributed by atoms with van der Waals surface area (Å²) in [6.45, 7) is 4.86. The van der Waals surface area contributed by atoms with Crippen molar-refractivity contribution in [2.45, 2.75) is 37.2 Å². The molecule has 0 bridgehead atoms. The topological polar surface area (TPSA) is 112 Å². The lowest BCUT2D eigenvalue weighted by atomic mass is 10.1. The quantitative estimate of drug-likeness (QED) is 0.631. The number of imide groups is 1. The standard InChI is InChI=1S/C18H25N5O3S/c1-12(2)15(16(24)20-17(19)25)27-18-22-21-14(23(18)9-10-26-3)11-13-7-5-4-6-8-13/h4-8,12,15H,9-11H2,1-3H3,(H3,19,20,24,25)/t15-/m1/s1. The van der Waals surface area contributed by atoms with E-state index in [4.69, 9.17) is 10.5 Å². The van der Waals surface area contributed by atoms with E-state index in [0.717, 1.165) is 11.4 Å². The predicted molar refractivity (Wildman–Crippen MR) is 103 cm³/mol. The highest BCUT2D eigenvalue weighted by Crippen LogP contribution is 2.28. The molecule has 0 fully saturated rings. The smallest absolute Gasteiger partial charge is 0.318 e. The summed E-state index contributed by atoms with van der Waals surface area (Å²) in [6, 6.07) is 9.11. The number of rotatable bonds is 9. The first-order valence-corrected chi connectivity index (χ1v) is 9.52. The molecule has 1 aromatic carbocycles. The van der Waals surface area contributed by atoms with Crippen LogP contribution in [0.15, 0.2) is 35.5 Å². The van der Waals surface area contributed by atoms with Crippen LogP contribution in [0.25, 0.3) is 0 Å². The molecule has 0 saturated heterocycles. The average Bonchev–Trinajstić information content (AvgIpc) is 2.99. The van der Waals surface area contributed by atoms with Crippen LogP contribution in [0.2, 0.25) is 0 Å². The molecule has 0 aliphatic rings. The first-order chi connectivity index (χ1) is 12.9. The Hall–Kier alpha value is -2.39. The fraction of sp³-hybridized carbons (Fsp3) is 0.444. The van der Waals surface area contributed by atoms with Crippen LogP contribution in [-0.2, 0) is 22.5 Å². The number of benzene rings is 1. The van der Waals surface area contributed by atoms with Crippen LogP contribution in [0.1, 0.15) is 25.2 Å². The highest BCUT2D eigenvalue weighted by molar-refractivity contribution is 8.00. The van der Waals surface area contributed by atoms with Gasteiger partial charge in [0, 0.05) is 20.1 Å². The maximum Gasteiger partial charge on any atom is 0.318 e. The van der Waals surface area contributed by atoms with Crippen molar-refractivity contribution >= 4 is 23.7 Å². The van der Waals surface area contributed by atoms with Crippen LogP contribution in [0.5, 0.6) is 0 Å². The molecular weight excluding hydrogens is 366 g/mol. The highest BCUT2D eigenvalue weighted by Gasteiger charge is 2.27. The van der Waals surface area contributed by atoms with Gasteiger partial charge in [-0.1, -0.05) is 55.9 Å². The molecule has 146 valence electrons. The van der Waals surface area contributed by atoms with Gasteiger partial charge in [0.05, 0.1) is 11.9 Å². The van der Waals surface area contributed by atoms with Crippen LogP contribution < -0.4 is 11.1 Å². The number of primary amides is 1. The summed E-state index contributed by atoms with van der Waals surface area (Å²) < 4.78 is 7.15. The maximum atomic E-state index is 12.3. The summed E-state index contributed by atoms with van der Waals surface area (Å²) in [6.07, 6.45) is 0.623. The third-order valence-corrected chi connectivity index (χ3v) is 5.39. The van der Waals surface area contributed by atoms with E-state index in [0.29, 0.717) is 24.7 Å². The van der Waals surface area contributed by atoms with Crippen LogP contribution >= 0.6 is 11.8 Å². The van der Waals surface area contributed by atoms with Gasteiger partial charge in [-0.05, 0) is 11.5 Å². The minimum Gasteiger partial charge on any atom is -0.383 e. The average molecular weight is 391 g/mol. The number of carbonyl (C=O) groups is 2. The van der Waals surface area contributed by atoms with Crippen LogP contribution in [-0.4, -0.2) is 45.7 Å². The summed E-state index contributed by atoms with van der Waals surface area (Å²) in [5.74, 6) is 0.325. The maximum absolute atomic E-state index is 12.3. The number of hydrogen-bond acceptors (Lipinski definition) is 6. The van der Waals surface area contributed by atoms with E-state index in [9.17, 15) is 9.59 Å². The normalized spacial score (nSPS) is 12.1. The zero-order valence-corrected chi connectivity index (χ0v) is 16.5. The zero-order valence-electron chi connectivity index (χ0n) is 15.7. The van der Waals surface area contributed by atoms with E-state index in [2.05, 4.69) is 15.5 Å². The van der Waals surface area contributed by atoms with Crippen LogP contribution in [0.4, 0.5) is 4.79 Å². The predicted octanol–water partition coefficient (Wildman–Crippen LogP) is 1.83. The van der Waals surface area contributed by atoms with E-state index >= 15 is 0 Å². The van der Waals surface area contributed by atoms with E-state index in [1.54, 1.807) is 7.11 Å². The van der Waals surface area contributed by atoms with Gasteiger partial charge in [0.1, 0.15) is 5.82 Å². The number of nitrogens with two attached hydrogens (primary N) is 1. The third-order valence-electron chi connectivity index (χ3n) is 3.86. The third kappa shape index (κ3) is 6.07. The molecule has 2 rings (SSSR count). The van der Waals surface area contributed by atoms with Gasteiger partial charge in [0.2, 0.25) is 5.91 Å². The van der Waals surface area contributed by atoms with E-state index < -0.39 is 17.2 Å². The fourth-order valence-electron chi connectivity index (χ4n) is 2.52. The Kier molecular flexibility index (Phi) is 7.81. The SMILES string of the molecule is COCCn1c(Cc2ccccc2)nnc1S[C@@H](C(=O)NC(N)=O)C(C)C. The molecule has 27 heavy (non-hydrogen) atoms. The van der Waals surface area contributed by atoms with Crippen molar-refractivity contribution in [2.24, 2.45) is 11.7 Å². The lowest BCUT2D eigenvalue weighted by Gasteiger charge is -2.19. The van der Waals surface area contributed by atoms with Crippen molar-refractivity contribution < 1.29 is 14.3 Å². The second-order valence-corrected chi connectivity index (χ2v) is 7.45. The summed E-state index contributed by atoms with van der Waals surface area (Å²) in [5, 5.41) is 10.8. The summed E-state index contributed by atoms with van der Waals surface area (Å²) in [5.41, 5.74) is 6.20. The van der Waals surface area contributed by atoms with Gasteiger partial charge in [0.25, 0.3) is 0 Å². The summed E-state index contributed by atoms with van der Waals surface area (Å²) in [7, 11) is 1.63. The van der Waals surface area contributed by atoms with Gasteiger partial charge in [-0.15, -0.1) is 10.2 Å². The van der Waals surface area contributed by atoms with Gasteiger partial charge in [-0.3, -0.25) is 10.1 Å². The number of aromatic nitrogens is 3. The molecule has 0 aliphatic heterocycles. The number of urea groups is 1.